The molecule has 2 aromatic carbocycles. The molecule has 0 spiro atoms. The zero-order valence-corrected chi connectivity index (χ0v) is 15.1. The lowest BCUT2D eigenvalue weighted by atomic mass is 10.00. The van der Waals surface area contributed by atoms with Gasteiger partial charge in [-0.25, -0.2) is 0 Å². The molecular formula is C20H21N3O4. The number of aryl methyl sites for hydroxylation is 1. The van der Waals surface area contributed by atoms with E-state index < -0.39 is 4.92 Å². The molecule has 0 bridgehead atoms. The lowest BCUT2D eigenvalue weighted by Crippen LogP contribution is -2.35. The zero-order valence-electron chi connectivity index (χ0n) is 15.1. The van der Waals surface area contributed by atoms with E-state index in [0.29, 0.717) is 23.8 Å². The molecule has 0 radical (unpaired) electrons. The Hall–Kier alpha value is -3.09. The van der Waals surface area contributed by atoms with Crippen LogP contribution >= 0.6 is 0 Å². The van der Waals surface area contributed by atoms with Crippen molar-refractivity contribution < 1.29 is 14.5 Å². The van der Waals surface area contributed by atoms with E-state index in [1.165, 1.54) is 6.07 Å². The molecular weight excluding hydrogens is 346 g/mol. The Morgan fingerprint density at radius 2 is 2.07 bits per heavy atom. The van der Waals surface area contributed by atoms with E-state index in [2.05, 4.69) is 5.32 Å². The van der Waals surface area contributed by atoms with E-state index in [1.54, 1.807) is 24.1 Å². The van der Waals surface area contributed by atoms with E-state index in [-0.39, 0.29) is 11.6 Å². The van der Waals surface area contributed by atoms with Crippen LogP contribution in [0.15, 0.2) is 36.4 Å². The number of hydrogen-bond acceptors (Lipinski definition) is 5. The predicted molar refractivity (Wildman–Crippen MR) is 103 cm³/mol. The standard InChI is InChI=1S/C20H21N3O4/c1-27-16-7-9-18-13(11-16)3-2-10-22(18)20(24)14-4-8-17(21-15-5-6-15)19(12-14)23(25)26/h4,7-9,11-12,15,21H,2-3,5-6,10H2,1H3. The molecule has 7 nitrogen and oxygen atoms in total. The first kappa shape index (κ1) is 17.3. The van der Waals surface area contributed by atoms with Crippen LogP contribution in [0.4, 0.5) is 17.1 Å². The van der Waals surface area contributed by atoms with Gasteiger partial charge >= 0.3 is 0 Å². The molecule has 1 aliphatic carbocycles. The predicted octanol–water partition coefficient (Wildman–Crippen LogP) is 3.77. The maximum atomic E-state index is 13.1. The number of hydrogen-bond donors (Lipinski definition) is 1. The summed E-state index contributed by atoms with van der Waals surface area (Å²) in [5, 5.41) is 14.6. The number of nitrogens with one attached hydrogen (secondary N) is 1. The third-order valence-electron chi connectivity index (χ3n) is 5.03. The molecule has 2 aliphatic rings. The minimum Gasteiger partial charge on any atom is -0.497 e. The fourth-order valence-electron chi connectivity index (χ4n) is 3.45. The van der Waals surface area contributed by atoms with Crippen LogP contribution in [0.2, 0.25) is 0 Å². The summed E-state index contributed by atoms with van der Waals surface area (Å²) in [6.07, 6.45) is 3.76. The highest BCUT2D eigenvalue weighted by Gasteiger charge is 2.28. The van der Waals surface area contributed by atoms with Crippen LogP contribution in [0.5, 0.6) is 5.75 Å². The van der Waals surface area contributed by atoms with Crippen LogP contribution in [-0.2, 0) is 6.42 Å². The van der Waals surface area contributed by atoms with Crippen molar-refractivity contribution >= 4 is 23.0 Å². The summed E-state index contributed by atoms with van der Waals surface area (Å²) in [5.41, 5.74) is 2.64. The molecule has 0 atom stereocenters. The largest absolute Gasteiger partial charge is 0.497 e. The van der Waals surface area contributed by atoms with Gasteiger partial charge in [-0.15, -0.1) is 0 Å². The summed E-state index contributed by atoms with van der Waals surface area (Å²) >= 11 is 0. The molecule has 27 heavy (non-hydrogen) atoms. The number of methoxy groups -OCH3 is 1. The monoisotopic (exact) mass is 367 g/mol. The van der Waals surface area contributed by atoms with Crippen LogP contribution < -0.4 is 15.0 Å². The highest BCUT2D eigenvalue weighted by Crippen LogP contribution is 2.34. The van der Waals surface area contributed by atoms with Crippen molar-refractivity contribution in [1.29, 1.82) is 0 Å². The Kier molecular flexibility index (Phi) is 4.43. The van der Waals surface area contributed by atoms with Crippen LogP contribution in [0.25, 0.3) is 0 Å². The minimum atomic E-state index is -0.434. The second-order valence-electron chi connectivity index (χ2n) is 6.96. The molecule has 1 N–H and O–H groups in total. The highest BCUT2D eigenvalue weighted by molar-refractivity contribution is 6.07. The lowest BCUT2D eigenvalue weighted by molar-refractivity contribution is -0.384. The van der Waals surface area contributed by atoms with E-state index in [9.17, 15) is 14.9 Å². The van der Waals surface area contributed by atoms with E-state index in [1.807, 2.05) is 18.2 Å². The number of carbonyl (C=O) groups excluding carboxylic acids is 1. The Bertz CT molecular complexity index is 908. The number of amides is 1. The number of nitro groups is 1. The fourth-order valence-corrected chi connectivity index (χ4v) is 3.45. The Balaban J connectivity index is 1.65. The second-order valence-corrected chi connectivity index (χ2v) is 6.96. The summed E-state index contributed by atoms with van der Waals surface area (Å²) in [6, 6.07) is 10.6. The van der Waals surface area contributed by atoms with Crippen molar-refractivity contribution in [1.82, 2.24) is 0 Å². The normalized spacial score (nSPS) is 15.8. The van der Waals surface area contributed by atoms with Crippen LogP contribution in [0.1, 0.15) is 35.2 Å². The summed E-state index contributed by atoms with van der Waals surface area (Å²) in [7, 11) is 1.61. The number of fused-ring (bicyclic) bond motifs is 1. The number of nitro benzene ring substituents is 1. The van der Waals surface area contributed by atoms with Gasteiger partial charge in [0, 0.05) is 29.9 Å². The molecule has 1 saturated carbocycles. The molecule has 4 rings (SSSR count). The van der Waals surface area contributed by atoms with Gasteiger partial charge in [-0.05, 0) is 61.6 Å². The van der Waals surface area contributed by atoms with Crippen molar-refractivity contribution in [3.05, 3.63) is 57.6 Å². The number of anilines is 2. The second kappa shape index (κ2) is 6.90. The maximum Gasteiger partial charge on any atom is 0.293 e. The topological polar surface area (TPSA) is 84.7 Å². The Labute approximate surface area is 157 Å². The van der Waals surface area contributed by atoms with Crippen molar-refractivity contribution in [2.75, 3.05) is 23.9 Å². The maximum absolute atomic E-state index is 13.1. The quantitative estimate of drug-likeness (QED) is 0.642. The average molecular weight is 367 g/mol. The molecule has 1 aliphatic heterocycles. The van der Waals surface area contributed by atoms with Gasteiger partial charge < -0.3 is 15.0 Å². The Morgan fingerprint density at radius 1 is 1.26 bits per heavy atom. The molecule has 0 unspecified atom stereocenters. The first-order valence-corrected chi connectivity index (χ1v) is 9.10. The summed E-state index contributed by atoms with van der Waals surface area (Å²) < 4.78 is 5.27. The third-order valence-corrected chi connectivity index (χ3v) is 5.03. The first-order chi connectivity index (χ1) is 13.1. The number of carbonyl (C=O) groups is 1. The molecule has 0 saturated heterocycles. The van der Waals surface area contributed by atoms with Gasteiger partial charge in [-0.2, -0.15) is 0 Å². The van der Waals surface area contributed by atoms with E-state index >= 15 is 0 Å². The van der Waals surface area contributed by atoms with E-state index in [0.717, 1.165) is 42.7 Å². The molecule has 1 fully saturated rings. The van der Waals surface area contributed by atoms with Gasteiger partial charge in [0.1, 0.15) is 11.4 Å². The van der Waals surface area contributed by atoms with Crippen LogP contribution in [0, 0.1) is 10.1 Å². The van der Waals surface area contributed by atoms with Crippen molar-refractivity contribution in [2.45, 2.75) is 31.7 Å². The highest BCUT2D eigenvalue weighted by atomic mass is 16.6. The molecule has 7 heteroatoms. The summed E-state index contributed by atoms with van der Waals surface area (Å²) in [6.45, 7) is 0.591. The SMILES string of the molecule is COc1ccc2c(c1)CCCN2C(=O)c1ccc(NC2CC2)c([N+](=O)[O-])c1. The van der Waals surface area contributed by atoms with Crippen molar-refractivity contribution in [3.8, 4) is 5.75 Å². The molecule has 140 valence electrons. The summed E-state index contributed by atoms with van der Waals surface area (Å²) in [5.74, 6) is 0.538. The first-order valence-electron chi connectivity index (χ1n) is 9.10. The third kappa shape index (κ3) is 3.45. The van der Waals surface area contributed by atoms with Crippen LogP contribution in [-0.4, -0.2) is 30.5 Å². The minimum absolute atomic E-state index is 0.0558. The van der Waals surface area contributed by atoms with Crippen molar-refractivity contribution in [3.63, 3.8) is 0 Å². The van der Waals surface area contributed by atoms with E-state index in [4.69, 9.17) is 4.74 Å². The number of ether oxygens (including phenoxy) is 1. The molecule has 2 aromatic rings. The molecule has 1 amide bonds. The number of nitrogens with zero attached hydrogens (tertiary/aromatic N) is 2. The van der Waals surface area contributed by atoms with Crippen molar-refractivity contribution in [2.24, 2.45) is 0 Å². The molecule has 0 aromatic heterocycles. The smallest absolute Gasteiger partial charge is 0.293 e. The van der Waals surface area contributed by atoms with Gasteiger partial charge in [-0.1, -0.05) is 0 Å². The van der Waals surface area contributed by atoms with Gasteiger partial charge in [0.2, 0.25) is 0 Å². The lowest BCUT2D eigenvalue weighted by Gasteiger charge is -2.30. The van der Waals surface area contributed by atoms with Gasteiger partial charge in [0.15, 0.2) is 0 Å². The van der Waals surface area contributed by atoms with Gasteiger partial charge in [0.25, 0.3) is 11.6 Å². The van der Waals surface area contributed by atoms with Crippen LogP contribution in [0.3, 0.4) is 0 Å². The fraction of sp³-hybridized carbons (Fsp3) is 0.350. The number of rotatable bonds is 5. The number of benzene rings is 2. The Morgan fingerprint density at radius 3 is 2.78 bits per heavy atom. The van der Waals surface area contributed by atoms with Gasteiger partial charge in [-0.3, -0.25) is 14.9 Å². The zero-order chi connectivity index (χ0) is 19.0. The van der Waals surface area contributed by atoms with Gasteiger partial charge in [0.05, 0.1) is 12.0 Å². The average Bonchev–Trinajstić information content (AvgIpc) is 3.50. The summed E-state index contributed by atoms with van der Waals surface area (Å²) in [4.78, 5) is 25.8. The molecule has 1 heterocycles.